The normalized spacial score (nSPS) is 12.4. The van der Waals surface area contributed by atoms with Gasteiger partial charge in [-0.25, -0.2) is 4.79 Å². The van der Waals surface area contributed by atoms with E-state index in [1.54, 1.807) is 18.3 Å². The molecule has 0 saturated carbocycles. The molecular formula is C22H22N2O3. The molecule has 1 amide bonds. The van der Waals surface area contributed by atoms with E-state index in [1.165, 1.54) is 16.2 Å². The van der Waals surface area contributed by atoms with Crippen molar-refractivity contribution in [1.82, 2.24) is 9.88 Å². The van der Waals surface area contributed by atoms with E-state index < -0.39 is 6.09 Å². The lowest BCUT2D eigenvalue weighted by atomic mass is 10.1. The predicted octanol–water partition coefficient (Wildman–Crippen LogP) is 4.24. The zero-order valence-corrected chi connectivity index (χ0v) is 15.3. The summed E-state index contributed by atoms with van der Waals surface area (Å²) in [5.74, 6) is -0.176. The van der Waals surface area contributed by atoms with E-state index in [2.05, 4.69) is 5.32 Å². The van der Waals surface area contributed by atoms with Gasteiger partial charge in [0.1, 0.15) is 0 Å². The Kier molecular flexibility index (Phi) is 5.41. The van der Waals surface area contributed by atoms with Gasteiger partial charge in [0.2, 0.25) is 5.91 Å². The number of benzene rings is 2. The SMILES string of the molecule is Cc1ccc(C=CC(=O)N[C@H](C)Cc2cn(C(=O)O)c3ccccc23)cc1. The second-order valence-corrected chi connectivity index (χ2v) is 6.68. The zero-order chi connectivity index (χ0) is 19.4. The maximum Gasteiger partial charge on any atom is 0.416 e. The highest BCUT2D eigenvalue weighted by molar-refractivity contribution is 5.93. The number of rotatable bonds is 5. The highest BCUT2D eigenvalue weighted by atomic mass is 16.4. The molecule has 27 heavy (non-hydrogen) atoms. The van der Waals surface area contributed by atoms with Crippen LogP contribution >= 0.6 is 0 Å². The molecule has 0 spiro atoms. The number of fused-ring (bicyclic) bond motifs is 1. The van der Waals surface area contributed by atoms with Gasteiger partial charge in [0.15, 0.2) is 0 Å². The van der Waals surface area contributed by atoms with Gasteiger partial charge in [-0.15, -0.1) is 0 Å². The molecular weight excluding hydrogens is 340 g/mol. The molecule has 1 atom stereocenters. The summed E-state index contributed by atoms with van der Waals surface area (Å²) >= 11 is 0. The van der Waals surface area contributed by atoms with Crippen LogP contribution in [0.15, 0.2) is 60.8 Å². The van der Waals surface area contributed by atoms with E-state index in [0.717, 1.165) is 16.5 Å². The Bertz CT molecular complexity index is 1000. The number of nitrogens with one attached hydrogen (secondary N) is 1. The minimum absolute atomic E-state index is 0.131. The molecule has 2 aromatic carbocycles. The summed E-state index contributed by atoms with van der Waals surface area (Å²) in [5, 5.41) is 13.2. The molecule has 0 fully saturated rings. The number of hydrogen-bond donors (Lipinski definition) is 2. The summed E-state index contributed by atoms with van der Waals surface area (Å²) in [7, 11) is 0. The van der Waals surface area contributed by atoms with Crippen molar-refractivity contribution < 1.29 is 14.7 Å². The van der Waals surface area contributed by atoms with E-state index in [0.29, 0.717) is 11.9 Å². The smallest absolute Gasteiger partial charge is 0.416 e. The molecule has 0 bridgehead atoms. The average molecular weight is 362 g/mol. The standard InChI is InChI=1S/C22H22N2O3/c1-15-7-9-17(10-8-15)11-12-21(25)23-16(2)13-18-14-24(22(26)27)20-6-4-3-5-19(18)20/h3-12,14,16H,13H2,1-2H3,(H,23,25)(H,26,27)/t16-/m1/s1. The van der Waals surface area contributed by atoms with Crippen molar-refractivity contribution in [2.45, 2.75) is 26.3 Å². The third kappa shape index (κ3) is 4.44. The van der Waals surface area contributed by atoms with Gasteiger partial charge in [-0.3, -0.25) is 9.36 Å². The quantitative estimate of drug-likeness (QED) is 0.667. The minimum atomic E-state index is -1.02. The number of carbonyl (C=O) groups excluding carboxylic acids is 1. The fourth-order valence-corrected chi connectivity index (χ4v) is 3.09. The molecule has 3 rings (SSSR count). The summed E-state index contributed by atoms with van der Waals surface area (Å²) in [6.45, 7) is 3.92. The Morgan fingerprint density at radius 1 is 1.15 bits per heavy atom. The van der Waals surface area contributed by atoms with Crippen molar-refractivity contribution in [2.75, 3.05) is 0 Å². The number of carbonyl (C=O) groups is 2. The lowest BCUT2D eigenvalue weighted by Gasteiger charge is -2.12. The molecule has 0 unspecified atom stereocenters. The van der Waals surface area contributed by atoms with Gasteiger partial charge in [0.05, 0.1) is 5.52 Å². The molecule has 0 aliphatic rings. The molecule has 138 valence electrons. The van der Waals surface area contributed by atoms with Gasteiger partial charge in [-0.05, 0) is 43.5 Å². The lowest BCUT2D eigenvalue weighted by Crippen LogP contribution is -2.32. The number of nitrogens with zero attached hydrogens (tertiary/aromatic N) is 1. The first-order chi connectivity index (χ1) is 12.9. The van der Waals surface area contributed by atoms with Crippen LogP contribution in [-0.4, -0.2) is 27.7 Å². The molecule has 5 heteroatoms. The maximum absolute atomic E-state index is 12.2. The molecule has 3 aromatic rings. The molecule has 2 N–H and O–H groups in total. The highest BCUT2D eigenvalue weighted by Crippen LogP contribution is 2.22. The van der Waals surface area contributed by atoms with E-state index in [9.17, 15) is 14.7 Å². The number of hydrogen-bond acceptors (Lipinski definition) is 2. The Labute approximate surface area is 157 Å². The van der Waals surface area contributed by atoms with Gasteiger partial charge in [0.25, 0.3) is 0 Å². The van der Waals surface area contributed by atoms with Crippen LogP contribution in [0.2, 0.25) is 0 Å². The van der Waals surface area contributed by atoms with Gasteiger partial charge in [-0.1, -0.05) is 48.0 Å². The van der Waals surface area contributed by atoms with E-state index in [1.807, 2.05) is 56.3 Å². The van der Waals surface area contributed by atoms with Crippen molar-refractivity contribution in [2.24, 2.45) is 0 Å². The largest absolute Gasteiger partial charge is 0.464 e. The van der Waals surface area contributed by atoms with Gasteiger partial charge in [-0.2, -0.15) is 0 Å². The van der Waals surface area contributed by atoms with Crippen LogP contribution in [-0.2, 0) is 11.2 Å². The summed E-state index contributed by atoms with van der Waals surface area (Å²) in [4.78, 5) is 23.6. The Hall–Kier alpha value is -3.34. The molecule has 0 radical (unpaired) electrons. The number of amides is 1. The summed E-state index contributed by atoms with van der Waals surface area (Å²) in [6.07, 6.45) is 4.44. The van der Waals surface area contributed by atoms with Crippen LogP contribution in [0, 0.1) is 6.92 Å². The van der Waals surface area contributed by atoms with E-state index >= 15 is 0 Å². The topological polar surface area (TPSA) is 71.3 Å². The number of aryl methyl sites for hydroxylation is 1. The van der Waals surface area contributed by atoms with Crippen molar-refractivity contribution >= 4 is 29.0 Å². The van der Waals surface area contributed by atoms with E-state index in [-0.39, 0.29) is 11.9 Å². The second kappa shape index (κ2) is 7.91. The highest BCUT2D eigenvalue weighted by Gasteiger charge is 2.15. The summed E-state index contributed by atoms with van der Waals surface area (Å²) in [5.41, 5.74) is 3.68. The van der Waals surface area contributed by atoms with Crippen molar-refractivity contribution in [3.05, 3.63) is 77.5 Å². The minimum Gasteiger partial charge on any atom is -0.464 e. The van der Waals surface area contributed by atoms with Crippen molar-refractivity contribution in [3.8, 4) is 0 Å². The van der Waals surface area contributed by atoms with E-state index in [4.69, 9.17) is 0 Å². The predicted molar refractivity (Wildman–Crippen MR) is 107 cm³/mol. The monoisotopic (exact) mass is 362 g/mol. The van der Waals surface area contributed by atoms with Crippen molar-refractivity contribution in [3.63, 3.8) is 0 Å². The fraction of sp³-hybridized carbons (Fsp3) is 0.182. The molecule has 0 saturated heterocycles. The Morgan fingerprint density at radius 3 is 2.56 bits per heavy atom. The molecule has 1 heterocycles. The van der Waals surface area contributed by atoms with Crippen molar-refractivity contribution in [1.29, 1.82) is 0 Å². The molecule has 0 aliphatic heterocycles. The number of carboxylic acid groups (broad SMARTS) is 1. The van der Waals surface area contributed by atoms with Crippen LogP contribution in [0.3, 0.4) is 0 Å². The molecule has 0 aliphatic carbocycles. The van der Waals surface area contributed by atoms with Gasteiger partial charge >= 0.3 is 6.09 Å². The fourth-order valence-electron chi connectivity index (χ4n) is 3.09. The Morgan fingerprint density at radius 2 is 1.85 bits per heavy atom. The number of para-hydroxylation sites is 1. The first-order valence-corrected chi connectivity index (χ1v) is 8.81. The van der Waals surface area contributed by atoms with Crippen LogP contribution in [0.5, 0.6) is 0 Å². The maximum atomic E-state index is 12.2. The van der Waals surface area contributed by atoms with Crippen LogP contribution in [0.25, 0.3) is 17.0 Å². The third-order valence-electron chi connectivity index (χ3n) is 4.42. The summed E-state index contributed by atoms with van der Waals surface area (Å²) in [6, 6.07) is 15.2. The second-order valence-electron chi connectivity index (χ2n) is 6.68. The van der Waals surface area contributed by atoms with Crippen LogP contribution in [0.1, 0.15) is 23.6 Å². The molecule has 5 nitrogen and oxygen atoms in total. The first-order valence-electron chi connectivity index (χ1n) is 8.81. The molecule has 1 aromatic heterocycles. The average Bonchev–Trinajstić information content (AvgIpc) is 3.00. The zero-order valence-electron chi connectivity index (χ0n) is 15.3. The van der Waals surface area contributed by atoms with Gasteiger partial charge < -0.3 is 10.4 Å². The van der Waals surface area contributed by atoms with Crippen LogP contribution in [0.4, 0.5) is 4.79 Å². The third-order valence-corrected chi connectivity index (χ3v) is 4.42. The van der Waals surface area contributed by atoms with Crippen LogP contribution < -0.4 is 5.32 Å². The Balaban J connectivity index is 1.68. The lowest BCUT2D eigenvalue weighted by molar-refractivity contribution is -0.117. The first kappa shape index (κ1) is 18.5. The van der Waals surface area contributed by atoms with Gasteiger partial charge in [0, 0.05) is 23.7 Å². The summed E-state index contributed by atoms with van der Waals surface area (Å²) < 4.78 is 1.22. The number of aromatic nitrogens is 1.